The highest BCUT2D eigenvalue weighted by atomic mass is 32.2. The van der Waals surface area contributed by atoms with Crippen LogP contribution in [0, 0.1) is 0 Å². The van der Waals surface area contributed by atoms with Gasteiger partial charge in [-0.3, -0.25) is 4.79 Å². The van der Waals surface area contributed by atoms with Gasteiger partial charge in [0.1, 0.15) is 0 Å². The minimum atomic E-state index is -0.470. The van der Waals surface area contributed by atoms with E-state index in [1.165, 1.54) is 16.6 Å². The lowest BCUT2D eigenvalue weighted by Gasteiger charge is -2.08. The van der Waals surface area contributed by atoms with Crippen molar-refractivity contribution in [3.8, 4) is 0 Å². The number of ether oxygens (including phenoxy) is 1. The van der Waals surface area contributed by atoms with E-state index in [9.17, 15) is 9.59 Å². The molecule has 128 valence electrons. The van der Waals surface area contributed by atoms with E-state index in [-0.39, 0.29) is 12.5 Å². The van der Waals surface area contributed by atoms with Crippen LogP contribution in [0.25, 0.3) is 0 Å². The molecule has 2 rings (SSSR count). The zero-order chi connectivity index (χ0) is 17.2. The molecular formula is C17H19NO3S3. The van der Waals surface area contributed by atoms with Crippen molar-refractivity contribution in [2.75, 3.05) is 25.2 Å². The summed E-state index contributed by atoms with van der Waals surface area (Å²) in [7, 11) is 0. The zero-order valence-electron chi connectivity index (χ0n) is 13.3. The van der Waals surface area contributed by atoms with E-state index in [0.29, 0.717) is 12.1 Å². The number of hydrogen-bond donors (Lipinski definition) is 1. The summed E-state index contributed by atoms with van der Waals surface area (Å²) in [6, 6.07) is 11.3. The molecule has 4 nitrogen and oxygen atoms in total. The molecule has 0 aliphatic rings. The maximum absolute atomic E-state index is 12.0. The van der Waals surface area contributed by atoms with E-state index in [1.54, 1.807) is 35.2 Å². The summed E-state index contributed by atoms with van der Waals surface area (Å²) in [5.41, 5.74) is 0.490. The van der Waals surface area contributed by atoms with Crippen molar-refractivity contribution in [1.29, 1.82) is 0 Å². The average molecular weight is 382 g/mol. The van der Waals surface area contributed by atoms with Crippen LogP contribution in [0.15, 0.2) is 46.7 Å². The quantitative estimate of drug-likeness (QED) is 0.408. The summed E-state index contributed by atoms with van der Waals surface area (Å²) in [6.07, 6.45) is 1.90. The standard InChI is InChI=1S/C17H19NO3S3/c1-22-15-7-3-2-6-14(15)17(20)21-11-16(19)18-8-10-23-12-13-5-4-9-24-13/h2-7,9H,8,10-12H2,1H3,(H,18,19). The fourth-order valence-corrected chi connectivity index (χ4v) is 4.19. The molecule has 0 spiro atoms. The number of thioether (sulfide) groups is 2. The van der Waals surface area contributed by atoms with E-state index in [2.05, 4.69) is 16.8 Å². The SMILES string of the molecule is CSc1ccccc1C(=O)OCC(=O)NCCSCc1cccs1. The van der Waals surface area contributed by atoms with Gasteiger partial charge in [0, 0.05) is 27.8 Å². The molecule has 0 radical (unpaired) electrons. The first-order valence-electron chi connectivity index (χ1n) is 7.37. The third kappa shape index (κ3) is 6.22. The summed E-state index contributed by atoms with van der Waals surface area (Å²) in [5.74, 6) is 1.03. The van der Waals surface area contributed by atoms with Crippen LogP contribution >= 0.6 is 34.9 Å². The van der Waals surface area contributed by atoms with Gasteiger partial charge < -0.3 is 10.1 Å². The Kier molecular flexibility index (Phi) is 8.21. The van der Waals surface area contributed by atoms with Crippen LogP contribution in [-0.4, -0.2) is 37.0 Å². The van der Waals surface area contributed by atoms with Gasteiger partial charge in [0.15, 0.2) is 6.61 Å². The van der Waals surface area contributed by atoms with Gasteiger partial charge in [0.2, 0.25) is 0 Å². The van der Waals surface area contributed by atoms with Crippen LogP contribution in [0.3, 0.4) is 0 Å². The molecule has 1 aromatic heterocycles. The lowest BCUT2D eigenvalue weighted by Crippen LogP contribution is -2.30. The monoisotopic (exact) mass is 381 g/mol. The molecule has 1 heterocycles. The van der Waals surface area contributed by atoms with Crippen molar-refractivity contribution in [3.63, 3.8) is 0 Å². The van der Waals surface area contributed by atoms with E-state index < -0.39 is 5.97 Å². The minimum Gasteiger partial charge on any atom is -0.452 e. The van der Waals surface area contributed by atoms with Gasteiger partial charge in [-0.05, 0) is 29.8 Å². The summed E-state index contributed by atoms with van der Waals surface area (Å²) in [5, 5.41) is 4.82. The molecule has 0 fully saturated rings. The third-order valence-electron chi connectivity index (χ3n) is 3.05. The van der Waals surface area contributed by atoms with Crippen LogP contribution in [-0.2, 0) is 15.3 Å². The molecule has 0 saturated carbocycles. The summed E-state index contributed by atoms with van der Waals surface area (Å²) >= 11 is 4.97. The molecule has 7 heteroatoms. The van der Waals surface area contributed by atoms with Crippen molar-refractivity contribution in [2.45, 2.75) is 10.6 Å². The summed E-state index contributed by atoms with van der Waals surface area (Å²) in [6.45, 7) is 0.310. The summed E-state index contributed by atoms with van der Waals surface area (Å²) in [4.78, 5) is 25.9. The number of esters is 1. The number of thiophene rings is 1. The smallest absolute Gasteiger partial charge is 0.339 e. The van der Waals surface area contributed by atoms with Crippen LogP contribution in [0.4, 0.5) is 0 Å². The van der Waals surface area contributed by atoms with E-state index in [1.807, 2.05) is 24.5 Å². The second-order valence-corrected chi connectivity index (χ2v) is 7.74. The average Bonchev–Trinajstić information content (AvgIpc) is 3.12. The molecule has 1 aromatic carbocycles. The predicted molar refractivity (Wildman–Crippen MR) is 102 cm³/mol. The Balaban J connectivity index is 1.63. The number of carbonyl (C=O) groups is 2. The molecule has 24 heavy (non-hydrogen) atoms. The molecule has 1 N–H and O–H groups in total. The maximum atomic E-state index is 12.0. The molecule has 2 aromatic rings. The van der Waals surface area contributed by atoms with E-state index in [4.69, 9.17) is 4.74 Å². The number of carbonyl (C=O) groups excluding carboxylic acids is 2. The lowest BCUT2D eigenvalue weighted by atomic mass is 10.2. The van der Waals surface area contributed by atoms with Gasteiger partial charge in [-0.15, -0.1) is 23.1 Å². The van der Waals surface area contributed by atoms with Crippen LogP contribution in [0.2, 0.25) is 0 Å². The van der Waals surface area contributed by atoms with Gasteiger partial charge in [-0.2, -0.15) is 11.8 Å². The Labute approximate surface area is 154 Å². The fraction of sp³-hybridized carbons (Fsp3) is 0.294. The van der Waals surface area contributed by atoms with Gasteiger partial charge in [0.05, 0.1) is 5.56 Å². The summed E-state index contributed by atoms with van der Waals surface area (Å²) < 4.78 is 5.08. The van der Waals surface area contributed by atoms with Crippen molar-refractivity contribution in [3.05, 3.63) is 52.2 Å². The molecule has 0 aliphatic heterocycles. The van der Waals surface area contributed by atoms with E-state index >= 15 is 0 Å². The Morgan fingerprint density at radius 3 is 2.79 bits per heavy atom. The highest BCUT2D eigenvalue weighted by Gasteiger charge is 2.13. The highest BCUT2D eigenvalue weighted by Crippen LogP contribution is 2.20. The van der Waals surface area contributed by atoms with Crippen molar-refractivity contribution >= 4 is 46.7 Å². The van der Waals surface area contributed by atoms with Crippen molar-refractivity contribution in [2.24, 2.45) is 0 Å². The first-order valence-corrected chi connectivity index (χ1v) is 10.6. The Morgan fingerprint density at radius 2 is 2.04 bits per heavy atom. The number of hydrogen-bond acceptors (Lipinski definition) is 6. The second kappa shape index (κ2) is 10.4. The van der Waals surface area contributed by atoms with Gasteiger partial charge >= 0.3 is 5.97 Å². The normalized spacial score (nSPS) is 10.4. The predicted octanol–water partition coefficient (Wildman–Crippen LogP) is 3.68. The third-order valence-corrected chi connectivity index (χ3v) is 5.92. The molecule has 0 saturated heterocycles. The zero-order valence-corrected chi connectivity index (χ0v) is 15.8. The van der Waals surface area contributed by atoms with Crippen molar-refractivity contribution in [1.82, 2.24) is 5.32 Å². The Hall–Kier alpha value is -1.44. The number of rotatable bonds is 9. The van der Waals surface area contributed by atoms with Crippen molar-refractivity contribution < 1.29 is 14.3 Å². The first kappa shape index (κ1) is 18.9. The molecule has 0 aliphatic carbocycles. The van der Waals surface area contributed by atoms with Gasteiger partial charge in [-0.1, -0.05) is 18.2 Å². The second-order valence-electron chi connectivity index (χ2n) is 4.76. The molecule has 0 atom stereocenters. The van der Waals surface area contributed by atoms with E-state index in [0.717, 1.165) is 16.4 Å². The lowest BCUT2D eigenvalue weighted by molar-refractivity contribution is -0.124. The topological polar surface area (TPSA) is 55.4 Å². The van der Waals surface area contributed by atoms with Gasteiger partial charge in [0.25, 0.3) is 5.91 Å². The molecule has 0 bridgehead atoms. The molecule has 0 unspecified atom stereocenters. The highest BCUT2D eigenvalue weighted by molar-refractivity contribution is 7.98. The van der Waals surface area contributed by atoms with Crippen LogP contribution in [0.5, 0.6) is 0 Å². The van der Waals surface area contributed by atoms with Gasteiger partial charge in [-0.25, -0.2) is 4.79 Å². The van der Waals surface area contributed by atoms with Crippen LogP contribution in [0.1, 0.15) is 15.2 Å². The Bertz CT molecular complexity index is 659. The maximum Gasteiger partial charge on any atom is 0.339 e. The largest absolute Gasteiger partial charge is 0.452 e. The number of nitrogens with one attached hydrogen (secondary N) is 1. The molecule has 1 amide bonds. The number of benzene rings is 1. The Morgan fingerprint density at radius 1 is 1.21 bits per heavy atom. The van der Waals surface area contributed by atoms with Crippen LogP contribution < -0.4 is 5.32 Å². The minimum absolute atomic E-state index is 0.253. The molecular weight excluding hydrogens is 362 g/mol. The number of amides is 1. The first-order chi connectivity index (χ1) is 11.7. The fourth-order valence-electron chi connectivity index (χ4n) is 1.90.